The topological polar surface area (TPSA) is 56.1 Å². The van der Waals surface area contributed by atoms with Crippen LogP contribution in [0.4, 0.5) is 0 Å². The molecule has 0 aliphatic heterocycles. The molecule has 2 aromatic heterocycles. The van der Waals surface area contributed by atoms with Gasteiger partial charge in [-0.25, -0.2) is 4.98 Å². The third kappa shape index (κ3) is 3.45. The van der Waals surface area contributed by atoms with Crippen molar-refractivity contribution < 1.29 is 14.3 Å². The first-order valence-corrected chi connectivity index (χ1v) is 7.46. The fourth-order valence-electron chi connectivity index (χ4n) is 2.39. The van der Waals surface area contributed by atoms with Gasteiger partial charge in [-0.15, -0.1) is 0 Å². The highest BCUT2D eigenvalue weighted by molar-refractivity contribution is 5.94. The van der Waals surface area contributed by atoms with Gasteiger partial charge in [0.1, 0.15) is 11.3 Å². The highest BCUT2D eigenvalue weighted by atomic mass is 16.5. The molecule has 0 bridgehead atoms. The number of methoxy groups -OCH3 is 2. The molecule has 0 fully saturated rings. The second kappa shape index (κ2) is 7.91. The molecule has 0 aliphatic rings. The predicted octanol–water partition coefficient (Wildman–Crippen LogP) is 1.63. The number of rotatable bonds is 8. The van der Waals surface area contributed by atoms with Gasteiger partial charge in [0.15, 0.2) is 0 Å². The summed E-state index contributed by atoms with van der Waals surface area (Å²) in [7, 11) is 3.26. The van der Waals surface area contributed by atoms with Gasteiger partial charge in [0, 0.05) is 33.5 Å². The predicted molar refractivity (Wildman–Crippen MR) is 84.2 cm³/mol. The first-order valence-electron chi connectivity index (χ1n) is 7.46. The third-order valence-corrected chi connectivity index (χ3v) is 3.56. The lowest BCUT2D eigenvalue weighted by molar-refractivity contribution is 0.0619. The van der Waals surface area contributed by atoms with Crippen LogP contribution in [0.2, 0.25) is 0 Å². The number of nitrogens with zero attached hydrogens (tertiary/aromatic N) is 3. The summed E-state index contributed by atoms with van der Waals surface area (Å²) in [5, 5.41) is 0. The summed E-state index contributed by atoms with van der Waals surface area (Å²) < 4.78 is 12.1. The van der Waals surface area contributed by atoms with Gasteiger partial charge in [0.2, 0.25) is 0 Å². The van der Waals surface area contributed by atoms with Crippen LogP contribution in [-0.2, 0) is 15.9 Å². The van der Waals surface area contributed by atoms with Gasteiger partial charge in [-0.1, -0.05) is 13.0 Å². The summed E-state index contributed by atoms with van der Waals surface area (Å²) in [5.41, 5.74) is 2.24. The summed E-state index contributed by atoms with van der Waals surface area (Å²) in [6.45, 7) is 4.05. The minimum absolute atomic E-state index is 0.0374. The Morgan fingerprint density at radius 2 is 1.91 bits per heavy atom. The molecule has 0 radical (unpaired) electrons. The molecule has 0 atom stereocenters. The molecule has 22 heavy (non-hydrogen) atoms. The summed E-state index contributed by atoms with van der Waals surface area (Å²) in [4.78, 5) is 19.3. The van der Waals surface area contributed by atoms with Crippen LogP contribution in [0.1, 0.15) is 23.1 Å². The lowest BCUT2D eigenvalue weighted by atomic mass is 10.2. The van der Waals surface area contributed by atoms with Crippen molar-refractivity contribution in [2.45, 2.75) is 13.3 Å². The second-order valence-electron chi connectivity index (χ2n) is 4.97. The van der Waals surface area contributed by atoms with E-state index >= 15 is 0 Å². The van der Waals surface area contributed by atoms with Gasteiger partial charge in [0.25, 0.3) is 5.91 Å². The van der Waals surface area contributed by atoms with E-state index in [-0.39, 0.29) is 5.91 Å². The molecule has 2 rings (SSSR count). The number of aryl methyl sites for hydroxylation is 1. The van der Waals surface area contributed by atoms with Crippen molar-refractivity contribution in [2.24, 2.45) is 0 Å². The summed E-state index contributed by atoms with van der Waals surface area (Å²) in [6.07, 6.45) is 2.59. The summed E-state index contributed by atoms with van der Waals surface area (Å²) in [5.74, 6) is -0.0374. The van der Waals surface area contributed by atoms with E-state index in [0.29, 0.717) is 38.4 Å². The number of pyridine rings is 1. The van der Waals surface area contributed by atoms with Gasteiger partial charge in [-0.3, -0.25) is 9.20 Å². The highest BCUT2D eigenvalue weighted by Gasteiger charge is 2.23. The molecule has 0 spiro atoms. The number of aromatic nitrogens is 2. The average molecular weight is 305 g/mol. The maximum absolute atomic E-state index is 13.0. The SMILES string of the molecule is CCc1nc2ccccn2c1C(=O)N(CCOC)CCOC. The van der Waals surface area contributed by atoms with Gasteiger partial charge >= 0.3 is 0 Å². The Morgan fingerprint density at radius 3 is 2.50 bits per heavy atom. The van der Waals surface area contributed by atoms with Gasteiger partial charge < -0.3 is 14.4 Å². The van der Waals surface area contributed by atoms with E-state index in [2.05, 4.69) is 4.98 Å². The summed E-state index contributed by atoms with van der Waals surface area (Å²) >= 11 is 0. The lowest BCUT2D eigenvalue weighted by Crippen LogP contribution is -2.37. The van der Waals surface area contributed by atoms with Gasteiger partial charge in [-0.05, 0) is 18.6 Å². The molecular weight excluding hydrogens is 282 g/mol. The van der Waals surface area contributed by atoms with Crippen molar-refractivity contribution in [3.8, 4) is 0 Å². The van der Waals surface area contributed by atoms with E-state index in [1.165, 1.54) is 0 Å². The molecule has 1 amide bonds. The van der Waals surface area contributed by atoms with Crippen LogP contribution >= 0.6 is 0 Å². The third-order valence-electron chi connectivity index (χ3n) is 3.56. The number of carbonyl (C=O) groups excluding carboxylic acids is 1. The first-order chi connectivity index (χ1) is 10.7. The number of imidazole rings is 1. The Labute approximate surface area is 130 Å². The fourth-order valence-corrected chi connectivity index (χ4v) is 2.39. The Hall–Kier alpha value is -1.92. The van der Waals surface area contributed by atoms with Crippen molar-refractivity contribution >= 4 is 11.6 Å². The van der Waals surface area contributed by atoms with E-state index in [9.17, 15) is 4.79 Å². The maximum atomic E-state index is 13.0. The van der Waals surface area contributed by atoms with Crippen LogP contribution in [0.3, 0.4) is 0 Å². The zero-order valence-electron chi connectivity index (χ0n) is 13.4. The van der Waals surface area contributed by atoms with Crippen LogP contribution in [0.15, 0.2) is 24.4 Å². The molecule has 0 aromatic carbocycles. The van der Waals surface area contributed by atoms with Crippen LogP contribution in [0.5, 0.6) is 0 Å². The molecule has 6 heteroatoms. The molecule has 120 valence electrons. The Kier molecular flexibility index (Phi) is 5.91. The smallest absolute Gasteiger partial charge is 0.272 e. The molecule has 0 N–H and O–H groups in total. The molecule has 2 heterocycles. The Bertz CT molecular complexity index is 616. The lowest BCUT2D eigenvalue weighted by Gasteiger charge is -2.22. The molecule has 0 saturated carbocycles. The standard InChI is InChI=1S/C16H23N3O3/c1-4-13-15(19-8-6-5-7-14(19)17-13)16(20)18(9-11-21-2)10-12-22-3/h5-8H,4,9-12H2,1-3H3. The number of carbonyl (C=O) groups is 1. The number of ether oxygens (including phenoxy) is 2. The highest BCUT2D eigenvalue weighted by Crippen LogP contribution is 2.15. The average Bonchev–Trinajstić information content (AvgIpc) is 2.93. The van der Waals surface area contributed by atoms with Crippen molar-refractivity contribution in [1.82, 2.24) is 14.3 Å². The largest absolute Gasteiger partial charge is 0.383 e. The molecule has 0 saturated heterocycles. The number of fused-ring (bicyclic) bond motifs is 1. The maximum Gasteiger partial charge on any atom is 0.272 e. The fraction of sp³-hybridized carbons (Fsp3) is 0.500. The van der Waals surface area contributed by atoms with Crippen molar-refractivity contribution in [2.75, 3.05) is 40.5 Å². The van der Waals surface area contributed by atoms with Crippen LogP contribution in [-0.4, -0.2) is 60.7 Å². The van der Waals surface area contributed by atoms with E-state index in [1.54, 1.807) is 19.1 Å². The van der Waals surface area contributed by atoms with Crippen molar-refractivity contribution in [1.29, 1.82) is 0 Å². The zero-order chi connectivity index (χ0) is 15.9. The minimum Gasteiger partial charge on any atom is -0.383 e. The van der Waals surface area contributed by atoms with Crippen LogP contribution in [0, 0.1) is 0 Å². The monoisotopic (exact) mass is 305 g/mol. The normalized spacial score (nSPS) is 11.0. The quantitative estimate of drug-likeness (QED) is 0.744. The van der Waals surface area contributed by atoms with Crippen molar-refractivity contribution in [3.05, 3.63) is 35.8 Å². The van der Waals surface area contributed by atoms with Crippen molar-refractivity contribution in [3.63, 3.8) is 0 Å². The molecule has 0 aliphatic carbocycles. The van der Waals surface area contributed by atoms with E-state index < -0.39 is 0 Å². The van der Waals surface area contributed by atoms with E-state index in [4.69, 9.17) is 9.47 Å². The molecule has 6 nitrogen and oxygen atoms in total. The van der Waals surface area contributed by atoms with Gasteiger partial charge in [0.05, 0.1) is 18.9 Å². The molecule has 0 unspecified atom stereocenters. The number of hydrogen-bond acceptors (Lipinski definition) is 4. The van der Waals surface area contributed by atoms with Crippen LogP contribution < -0.4 is 0 Å². The number of hydrogen-bond donors (Lipinski definition) is 0. The van der Waals surface area contributed by atoms with Crippen LogP contribution in [0.25, 0.3) is 5.65 Å². The first kappa shape index (κ1) is 16.5. The zero-order valence-corrected chi connectivity index (χ0v) is 13.4. The molecule has 2 aromatic rings. The number of amides is 1. The minimum atomic E-state index is -0.0374. The Morgan fingerprint density at radius 1 is 1.23 bits per heavy atom. The molecular formula is C16H23N3O3. The van der Waals surface area contributed by atoms with E-state index in [0.717, 1.165) is 11.3 Å². The summed E-state index contributed by atoms with van der Waals surface area (Å²) in [6, 6.07) is 5.73. The van der Waals surface area contributed by atoms with Gasteiger partial charge in [-0.2, -0.15) is 0 Å². The Balaban J connectivity index is 2.36. The second-order valence-corrected chi connectivity index (χ2v) is 4.97. The van der Waals surface area contributed by atoms with E-state index in [1.807, 2.05) is 35.7 Å².